The van der Waals surface area contributed by atoms with Gasteiger partial charge >= 0.3 is 29.6 Å². The van der Waals surface area contributed by atoms with Gasteiger partial charge in [-0.05, 0) is 30.0 Å². The average Bonchev–Trinajstić information content (AvgIpc) is 2.38. The molecule has 0 radical (unpaired) electrons. The Hall–Kier alpha value is -0.450. The quantitative estimate of drug-likeness (QED) is 0.507. The van der Waals surface area contributed by atoms with Crippen molar-refractivity contribution in [2.45, 2.75) is 12.8 Å². The van der Waals surface area contributed by atoms with E-state index < -0.39 is 0 Å². The van der Waals surface area contributed by atoms with E-state index in [1.807, 2.05) is 24.3 Å². The van der Waals surface area contributed by atoms with Crippen LogP contribution in [0.15, 0.2) is 54.6 Å². The van der Waals surface area contributed by atoms with Crippen LogP contribution >= 0.6 is 12.2 Å². The third-order valence-electron chi connectivity index (χ3n) is 2.78. The molecule has 4 heteroatoms. The summed E-state index contributed by atoms with van der Waals surface area (Å²) in [6, 6.07) is 18.6. The van der Waals surface area contributed by atoms with Crippen molar-refractivity contribution in [1.82, 2.24) is 0 Å². The van der Waals surface area contributed by atoms with E-state index in [4.69, 9.17) is 24.8 Å². The predicted octanol–water partition coefficient (Wildman–Crippen LogP) is 0.719. The minimum Gasteiger partial charge on any atom is -0.411 e. The zero-order valence-electron chi connectivity index (χ0n) is 10.9. The molecule has 0 aliphatic carbocycles. The zero-order valence-corrected chi connectivity index (χ0v) is 14.6. The van der Waals surface area contributed by atoms with Gasteiger partial charge in [0.25, 0.3) is 0 Å². The molecule has 0 atom stereocenters. The van der Waals surface area contributed by atoms with E-state index in [9.17, 15) is 0 Å². The predicted molar refractivity (Wildman–Crippen MR) is 83.9 cm³/mol. The molecule has 0 aliphatic heterocycles. The molecule has 1 N–H and O–H groups in total. The average molecular weight is 295 g/mol. The molecule has 1 nitrogen and oxygen atoms in total. The number of aryl methyl sites for hydroxylation is 2. The molecule has 0 bridgehead atoms. The van der Waals surface area contributed by atoms with Crippen LogP contribution in [0.3, 0.4) is 0 Å². The van der Waals surface area contributed by atoms with Gasteiger partial charge < -0.3 is 30.2 Å². The first-order chi connectivity index (χ1) is 8.75. The second-order valence-electron chi connectivity index (χ2n) is 4.06. The van der Waals surface area contributed by atoms with Gasteiger partial charge in [0.2, 0.25) is 0 Å². The first-order valence-electron chi connectivity index (χ1n) is 5.85. The molecule has 2 aromatic carbocycles. The maximum atomic E-state index is 4.92. The molecule has 0 fully saturated rings. The van der Waals surface area contributed by atoms with Crippen molar-refractivity contribution >= 4 is 34.9 Å². The molecule has 2 rings (SSSR count). The van der Waals surface area contributed by atoms with E-state index in [1.165, 1.54) is 11.1 Å². The van der Waals surface area contributed by atoms with Crippen molar-refractivity contribution in [1.29, 1.82) is 0 Å². The Balaban J connectivity index is 0.00000180. The Morgan fingerprint density at radius 1 is 0.947 bits per heavy atom. The van der Waals surface area contributed by atoms with Crippen LogP contribution in [0.1, 0.15) is 11.1 Å². The van der Waals surface area contributed by atoms with E-state index >= 15 is 0 Å². The first kappa shape index (κ1) is 16.6. The van der Waals surface area contributed by atoms with Crippen molar-refractivity contribution < 1.29 is 29.6 Å². The summed E-state index contributed by atoms with van der Waals surface area (Å²) in [4.78, 5) is 0. The molecule has 0 amide bonds. The number of benzene rings is 2. The summed E-state index contributed by atoms with van der Waals surface area (Å²) >= 11 is 9.84. The van der Waals surface area contributed by atoms with Crippen LogP contribution in [0.4, 0.5) is 5.69 Å². The monoisotopic (exact) mass is 295 g/mol. The summed E-state index contributed by atoms with van der Waals surface area (Å²) in [5.74, 6) is 0. The van der Waals surface area contributed by atoms with Crippen molar-refractivity contribution in [3.05, 3.63) is 65.7 Å². The van der Waals surface area contributed by atoms with Gasteiger partial charge in [0.15, 0.2) is 0 Å². The van der Waals surface area contributed by atoms with Gasteiger partial charge in [0, 0.05) is 5.69 Å². The normalized spacial score (nSPS) is 9.47. The third kappa shape index (κ3) is 5.59. The van der Waals surface area contributed by atoms with Gasteiger partial charge in [-0.2, -0.15) is 0 Å². The number of hydrogen-bond acceptors (Lipinski definition) is 2. The van der Waals surface area contributed by atoms with Crippen LogP contribution < -0.4 is 34.9 Å². The smallest absolute Gasteiger partial charge is 0.411 e. The molecule has 0 aliphatic rings. The fourth-order valence-electron chi connectivity index (χ4n) is 1.89. The molecule has 0 heterocycles. The molecule has 92 valence electrons. The maximum Gasteiger partial charge on any atom is 1.00 e. The van der Waals surface area contributed by atoms with E-state index in [-0.39, 0.29) is 29.6 Å². The fraction of sp³-hybridized carbons (Fsp3) is 0.133. The number of thiocarbonyl (C=S) groups is 1. The van der Waals surface area contributed by atoms with E-state index in [2.05, 4.69) is 35.6 Å². The minimum absolute atomic E-state index is 0. The summed E-state index contributed by atoms with van der Waals surface area (Å²) in [6.45, 7) is 0. The molecule has 0 unspecified atom stereocenters. The molecular formula is C15H14NNaS2. The molecule has 0 spiro atoms. The minimum atomic E-state index is 0. The van der Waals surface area contributed by atoms with Crippen LogP contribution in [-0.4, -0.2) is 4.32 Å². The second kappa shape index (κ2) is 8.67. The fourth-order valence-corrected chi connectivity index (χ4v) is 2.11. The number of hydrogen-bond donors (Lipinski definition) is 1. The van der Waals surface area contributed by atoms with Crippen LogP contribution in [-0.2, 0) is 25.5 Å². The number of nitrogens with one attached hydrogen (secondary N) is 1. The number of rotatable bonds is 4. The van der Waals surface area contributed by atoms with Gasteiger partial charge in [-0.15, -0.1) is 0 Å². The van der Waals surface area contributed by atoms with Crippen molar-refractivity contribution in [2.24, 2.45) is 0 Å². The van der Waals surface area contributed by atoms with Crippen molar-refractivity contribution in [3.63, 3.8) is 0 Å². The van der Waals surface area contributed by atoms with Gasteiger partial charge in [0.1, 0.15) is 0 Å². The zero-order chi connectivity index (χ0) is 12.8. The molecule has 0 saturated carbocycles. The Labute approximate surface area is 147 Å². The Kier molecular flexibility index (Phi) is 7.57. The molecular weight excluding hydrogens is 281 g/mol. The van der Waals surface area contributed by atoms with E-state index in [1.54, 1.807) is 0 Å². The summed E-state index contributed by atoms with van der Waals surface area (Å²) in [6.07, 6.45) is 1.99. The maximum absolute atomic E-state index is 4.92. The van der Waals surface area contributed by atoms with Crippen molar-refractivity contribution in [3.8, 4) is 0 Å². The summed E-state index contributed by atoms with van der Waals surface area (Å²) < 4.78 is 0.391. The molecule has 0 saturated heterocycles. The first-order valence-corrected chi connectivity index (χ1v) is 6.67. The van der Waals surface area contributed by atoms with E-state index in [0.717, 1.165) is 18.5 Å². The number of anilines is 1. The number of para-hydroxylation sites is 1. The van der Waals surface area contributed by atoms with Crippen LogP contribution in [0, 0.1) is 0 Å². The van der Waals surface area contributed by atoms with Gasteiger partial charge in [-0.25, -0.2) is 0 Å². The molecule has 2 aromatic rings. The Morgan fingerprint density at radius 3 is 2.26 bits per heavy atom. The Bertz CT molecular complexity index is 529. The topological polar surface area (TPSA) is 12.0 Å². The summed E-state index contributed by atoms with van der Waals surface area (Å²) in [5.41, 5.74) is 3.61. The second-order valence-corrected chi connectivity index (χ2v) is 5.13. The Morgan fingerprint density at radius 2 is 1.58 bits per heavy atom. The molecule has 19 heavy (non-hydrogen) atoms. The van der Waals surface area contributed by atoms with Gasteiger partial charge in [-0.3, -0.25) is 0 Å². The summed E-state index contributed by atoms with van der Waals surface area (Å²) in [7, 11) is 0. The molecule has 0 aromatic heterocycles. The standard InChI is InChI=1S/C15H15NS2.Na/c17-15(18)16-14-9-5-4-8-13(14)11-10-12-6-2-1-3-7-12;/h1-9H,10-11H2,(H2,16,17,18);/q;+1/p-1. The van der Waals surface area contributed by atoms with Crippen LogP contribution in [0.5, 0.6) is 0 Å². The largest absolute Gasteiger partial charge is 1.00 e. The van der Waals surface area contributed by atoms with E-state index in [0.29, 0.717) is 4.32 Å². The van der Waals surface area contributed by atoms with Gasteiger partial charge in [0.05, 0.1) is 0 Å². The van der Waals surface area contributed by atoms with Gasteiger partial charge in [-0.1, -0.05) is 52.9 Å². The van der Waals surface area contributed by atoms with Crippen LogP contribution in [0.25, 0.3) is 0 Å². The SMILES string of the molecule is S=C([S-])Nc1ccccc1CCc1ccccc1.[Na+]. The summed E-state index contributed by atoms with van der Waals surface area (Å²) in [5, 5.41) is 3.06. The van der Waals surface area contributed by atoms with Crippen molar-refractivity contribution in [2.75, 3.05) is 5.32 Å². The van der Waals surface area contributed by atoms with Crippen LogP contribution in [0.2, 0.25) is 0 Å². The third-order valence-corrected chi connectivity index (χ3v) is 2.98.